The first-order valence-corrected chi connectivity index (χ1v) is 5.93. The van der Waals surface area contributed by atoms with Gasteiger partial charge in [-0.15, -0.1) is 0 Å². The Morgan fingerprint density at radius 1 is 0.882 bits per heavy atom. The van der Waals surface area contributed by atoms with Crippen LogP contribution in [0.1, 0.15) is 17.5 Å². The minimum Gasteiger partial charge on any atom is -0.489 e. The molecule has 0 atom stereocenters. The molecule has 0 aliphatic rings. The summed E-state index contributed by atoms with van der Waals surface area (Å²) < 4.78 is 5.76. The van der Waals surface area contributed by atoms with Crippen molar-refractivity contribution in [3.05, 3.63) is 72.6 Å². The molecule has 0 N–H and O–H groups in total. The highest BCUT2D eigenvalue weighted by atomic mass is 16.5. The van der Waals surface area contributed by atoms with Crippen LogP contribution >= 0.6 is 0 Å². The van der Waals surface area contributed by atoms with Gasteiger partial charge >= 0.3 is 0 Å². The normalized spacial score (nSPS) is 10.2. The number of hydrogen-bond acceptors (Lipinski definition) is 1. The van der Waals surface area contributed by atoms with E-state index >= 15 is 0 Å². The molecule has 2 aromatic rings. The fraction of sp³-hybridized carbons (Fsp3) is 0.188. The van der Waals surface area contributed by atoms with Crippen LogP contribution in [-0.4, -0.2) is 0 Å². The van der Waals surface area contributed by atoms with Gasteiger partial charge < -0.3 is 4.74 Å². The molecular formula is C16H17O. The zero-order valence-corrected chi connectivity index (χ0v) is 9.93. The van der Waals surface area contributed by atoms with Gasteiger partial charge in [-0.1, -0.05) is 49.4 Å². The van der Waals surface area contributed by atoms with E-state index in [2.05, 4.69) is 31.2 Å². The molecule has 0 aliphatic heterocycles. The summed E-state index contributed by atoms with van der Waals surface area (Å²) in [5.41, 5.74) is 2.47. The fourth-order valence-electron chi connectivity index (χ4n) is 1.74. The summed E-state index contributed by atoms with van der Waals surface area (Å²) in [5.74, 6) is 0.930. The highest BCUT2D eigenvalue weighted by Crippen LogP contribution is 2.16. The molecule has 87 valence electrons. The van der Waals surface area contributed by atoms with Crippen LogP contribution in [0.5, 0.6) is 5.75 Å². The van der Waals surface area contributed by atoms with Crippen LogP contribution in [0, 0.1) is 6.92 Å². The van der Waals surface area contributed by atoms with Gasteiger partial charge in [0.1, 0.15) is 12.4 Å². The van der Waals surface area contributed by atoms with Crippen molar-refractivity contribution in [1.29, 1.82) is 0 Å². The minimum absolute atomic E-state index is 0.620. The van der Waals surface area contributed by atoms with Gasteiger partial charge in [0.25, 0.3) is 0 Å². The maximum absolute atomic E-state index is 5.76. The van der Waals surface area contributed by atoms with Crippen molar-refractivity contribution in [2.24, 2.45) is 0 Å². The molecule has 2 rings (SSSR count). The molecule has 0 spiro atoms. The van der Waals surface area contributed by atoms with Gasteiger partial charge in [0, 0.05) is 0 Å². The summed E-state index contributed by atoms with van der Waals surface area (Å²) >= 11 is 0. The second-order valence-corrected chi connectivity index (χ2v) is 4.03. The van der Waals surface area contributed by atoms with Crippen LogP contribution in [0.4, 0.5) is 0 Å². The summed E-state index contributed by atoms with van der Waals surface area (Å²) in [6.45, 7) is 4.48. The van der Waals surface area contributed by atoms with Crippen LogP contribution in [0.25, 0.3) is 0 Å². The third-order valence-corrected chi connectivity index (χ3v) is 2.61. The van der Waals surface area contributed by atoms with Gasteiger partial charge in [-0.2, -0.15) is 0 Å². The lowest BCUT2D eigenvalue weighted by atomic mass is 10.1. The lowest BCUT2D eigenvalue weighted by Gasteiger charge is -2.07. The Morgan fingerprint density at radius 3 is 2.41 bits per heavy atom. The van der Waals surface area contributed by atoms with Crippen LogP contribution in [0.2, 0.25) is 0 Å². The predicted octanol–water partition coefficient (Wildman–Crippen LogP) is 4.03. The molecule has 0 fully saturated rings. The molecule has 0 aromatic heterocycles. The van der Waals surface area contributed by atoms with E-state index in [0.29, 0.717) is 6.61 Å². The van der Waals surface area contributed by atoms with Crippen molar-refractivity contribution >= 4 is 0 Å². The molecule has 0 heterocycles. The van der Waals surface area contributed by atoms with E-state index in [1.54, 1.807) is 0 Å². The van der Waals surface area contributed by atoms with Crippen molar-refractivity contribution in [2.75, 3.05) is 0 Å². The zero-order chi connectivity index (χ0) is 11.9. The van der Waals surface area contributed by atoms with Crippen molar-refractivity contribution in [3.8, 4) is 5.75 Å². The first kappa shape index (κ1) is 11.7. The van der Waals surface area contributed by atoms with E-state index in [0.717, 1.165) is 18.6 Å². The van der Waals surface area contributed by atoms with E-state index in [1.165, 1.54) is 11.1 Å². The summed E-state index contributed by atoms with van der Waals surface area (Å²) in [7, 11) is 0. The Labute approximate surface area is 103 Å². The SMILES string of the molecule is [CH2]CCc1cccc(OCc2ccccc2)c1. The average molecular weight is 225 g/mol. The average Bonchev–Trinajstić information content (AvgIpc) is 2.39. The molecular weight excluding hydrogens is 208 g/mol. The topological polar surface area (TPSA) is 9.23 Å². The first-order chi connectivity index (χ1) is 8.38. The number of ether oxygens (including phenoxy) is 1. The molecule has 2 aromatic carbocycles. The second kappa shape index (κ2) is 6.09. The van der Waals surface area contributed by atoms with Gasteiger partial charge in [-0.25, -0.2) is 0 Å². The van der Waals surface area contributed by atoms with Crippen molar-refractivity contribution < 1.29 is 4.74 Å². The summed E-state index contributed by atoms with van der Waals surface area (Å²) in [6, 6.07) is 18.4. The molecule has 0 unspecified atom stereocenters. The molecule has 0 bridgehead atoms. The molecule has 0 aliphatic carbocycles. The van der Waals surface area contributed by atoms with Gasteiger partial charge in [-0.3, -0.25) is 0 Å². The van der Waals surface area contributed by atoms with Gasteiger partial charge in [0.05, 0.1) is 0 Å². The summed E-state index contributed by atoms with van der Waals surface area (Å²) in [5, 5.41) is 0. The third-order valence-electron chi connectivity index (χ3n) is 2.61. The molecule has 1 radical (unpaired) electrons. The van der Waals surface area contributed by atoms with Crippen LogP contribution < -0.4 is 4.74 Å². The maximum Gasteiger partial charge on any atom is 0.120 e. The number of benzene rings is 2. The Hall–Kier alpha value is -1.76. The van der Waals surface area contributed by atoms with E-state index in [4.69, 9.17) is 4.74 Å². The number of rotatable bonds is 5. The predicted molar refractivity (Wildman–Crippen MR) is 70.9 cm³/mol. The van der Waals surface area contributed by atoms with E-state index in [-0.39, 0.29) is 0 Å². The first-order valence-electron chi connectivity index (χ1n) is 5.93. The maximum atomic E-state index is 5.76. The lowest BCUT2D eigenvalue weighted by Crippen LogP contribution is -1.95. The molecule has 0 saturated heterocycles. The Balaban J connectivity index is 1.97. The van der Waals surface area contributed by atoms with Gasteiger partial charge in [-0.05, 0) is 36.1 Å². The second-order valence-electron chi connectivity index (χ2n) is 4.03. The van der Waals surface area contributed by atoms with Crippen molar-refractivity contribution in [2.45, 2.75) is 19.4 Å². The van der Waals surface area contributed by atoms with E-state index in [1.807, 2.05) is 30.3 Å². The minimum atomic E-state index is 0.620. The van der Waals surface area contributed by atoms with Crippen LogP contribution in [0.15, 0.2) is 54.6 Å². The molecule has 0 saturated carbocycles. The standard InChI is InChI=1S/C16H17O/c1-2-7-14-10-6-11-16(12-14)17-13-15-8-4-3-5-9-15/h3-6,8-12H,1-2,7,13H2. The Morgan fingerprint density at radius 2 is 1.65 bits per heavy atom. The summed E-state index contributed by atoms with van der Waals surface area (Å²) in [4.78, 5) is 0. The quantitative estimate of drug-likeness (QED) is 0.746. The fourth-order valence-corrected chi connectivity index (χ4v) is 1.74. The van der Waals surface area contributed by atoms with Crippen LogP contribution in [-0.2, 0) is 13.0 Å². The molecule has 17 heavy (non-hydrogen) atoms. The largest absolute Gasteiger partial charge is 0.489 e. The van der Waals surface area contributed by atoms with Gasteiger partial charge in [0.2, 0.25) is 0 Å². The zero-order valence-electron chi connectivity index (χ0n) is 9.93. The van der Waals surface area contributed by atoms with E-state index < -0.39 is 0 Å². The third kappa shape index (κ3) is 3.63. The number of hydrogen-bond donors (Lipinski definition) is 0. The highest BCUT2D eigenvalue weighted by Gasteiger charge is 1.97. The van der Waals surface area contributed by atoms with Crippen LogP contribution in [0.3, 0.4) is 0 Å². The van der Waals surface area contributed by atoms with Gasteiger partial charge in [0.15, 0.2) is 0 Å². The smallest absolute Gasteiger partial charge is 0.120 e. The highest BCUT2D eigenvalue weighted by molar-refractivity contribution is 5.29. The molecule has 1 heteroatoms. The monoisotopic (exact) mass is 225 g/mol. The van der Waals surface area contributed by atoms with Crippen molar-refractivity contribution in [3.63, 3.8) is 0 Å². The molecule has 1 nitrogen and oxygen atoms in total. The number of aryl methyl sites for hydroxylation is 1. The Bertz CT molecular complexity index is 448. The van der Waals surface area contributed by atoms with Crippen molar-refractivity contribution in [1.82, 2.24) is 0 Å². The lowest BCUT2D eigenvalue weighted by molar-refractivity contribution is 0.306. The van der Waals surface area contributed by atoms with E-state index in [9.17, 15) is 0 Å². The molecule has 0 amide bonds. The Kier molecular flexibility index (Phi) is 4.20. The summed E-state index contributed by atoms with van der Waals surface area (Å²) in [6.07, 6.45) is 1.92.